The molecule has 2 fully saturated rings. The van der Waals surface area contributed by atoms with Crippen molar-refractivity contribution in [2.75, 3.05) is 25.3 Å². The largest absolute Gasteiger partial charge is 0.454 e. The van der Waals surface area contributed by atoms with Crippen LogP contribution in [0.1, 0.15) is 32.7 Å². The van der Waals surface area contributed by atoms with E-state index in [0.29, 0.717) is 29.6 Å². The van der Waals surface area contributed by atoms with Crippen molar-refractivity contribution < 1.29 is 28.8 Å². The number of anilines is 1. The lowest BCUT2D eigenvalue weighted by atomic mass is 9.94. The van der Waals surface area contributed by atoms with E-state index in [0.717, 1.165) is 36.8 Å². The molecule has 2 aromatic carbocycles. The Labute approximate surface area is 216 Å². The van der Waals surface area contributed by atoms with Gasteiger partial charge in [0.2, 0.25) is 22.7 Å². The minimum absolute atomic E-state index is 0. The van der Waals surface area contributed by atoms with Crippen LogP contribution in [0.5, 0.6) is 11.5 Å². The van der Waals surface area contributed by atoms with Gasteiger partial charge in [-0.1, -0.05) is 24.3 Å². The molecule has 6 rings (SSSR count). The number of pyridine rings is 1. The maximum atomic E-state index is 13.3. The number of nitrogens with one attached hydrogen (secondary N) is 2. The molecule has 37 heavy (non-hydrogen) atoms. The van der Waals surface area contributed by atoms with E-state index in [1.54, 1.807) is 30.3 Å². The molecule has 1 atom stereocenters. The van der Waals surface area contributed by atoms with Gasteiger partial charge in [0.15, 0.2) is 11.5 Å². The van der Waals surface area contributed by atoms with Gasteiger partial charge in [-0.2, -0.15) is 0 Å². The minimum Gasteiger partial charge on any atom is -0.454 e. The summed E-state index contributed by atoms with van der Waals surface area (Å²) in [5, 5.41) is 2.96. The van der Waals surface area contributed by atoms with Crippen LogP contribution >= 0.6 is 0 Å². The molecule has 0 spiro atoms. The summed E-state index contributed by atoms with van der Waals surface area (Å²) in [6.07, 6.45) is 3.23. The van der Waals surface area contributed by atoms with Gasteiger partial charge in [-0.15, -0.1) is 0 Å². The van der Waals surface area contributed by atoms with E-state index in [-0.39, 0.29) is 31.7 Å². The first-order valence-corrected chi connectivity index (χ1v) is 13.8. The number of hydrogen-bond donors (Lipinski definition) is 2. The highest BCUT2D eigenvalue weighted by Gasteiger charge is 2.51. The zero-order chi connectivity index (χ0) is 25.5. The summed E-state index contributed by atoms with van der Waals surface area (Å²) < 4.78 is 44.3. The van der Waals surface area contributed by atoms with E-state index in [2.05, 4.69) is 15.0 Å². The minimum atomic E-state index is -3.63. The van der Waals surface area contributed by atoms with E-state index in [1.165, 1.54) is 0 Å². The standard InChI is InChI=1S/C27H27N3O6S.H2/c31-26(27(12-13-27)19-8-11-23-24(15-19)36-17-35-23)30-25-5-1-4-22(29-25)18-6-9-21(10-7-18)37(32,33)28-16-20-3-2-14-34-20;/h1,4-11,15,20,28H,2-3,12-14,16-17H2,(H,29,30,31);1H. The Morgan fingerprint density at radius 2 is 1.86 bits per heavy atom. The Morgan fingerprint density at radius 1 is 1.05 bits per heavy atom. The average molecular weight is 524 g/mol. The van der Waals surface area contributed by atoms with Crippen molar-refractivity contribution in [2.24, 2.45) is 0 Å². The molecule has 10 heteroatoms. The smallest absolute Gasteiger partial charge is 0.240 e. The van der Waals surface area contributed by atoms with Gasteiger partial charge in [-0.25, -0.2) is 18.1 Å². The Balaban J connectivity index is 0.00000294. The third kappa shape index (κ3) is 4.79. The maximum Gasteiger partial charge on any atom is 0.240 e. The van der Waals surface area contributed by atoms with Crippen LogP contribution in [0.4, 0.5) is 5.82 Å². The number of aromatic nitrogens is 1. The van der Waals surface area contributed by atoms with Crippen LogP contribution in [0.3, 0.4) is 0 Å². The molecular formula is C27H29N3O6S. The molecule has 2 aliphatic heterocycles. The number of carbonyl (C=O) groups excluding carboxylic acids is 1. The van der Waals surface area contributed by atoms with Crippen molar-refractivity contribution in [3.8, 4) is 22.8 Å². The van der Waals surface area contributed by atoms with Crippen LogP contribution < -0.4 is 19.5 Å². The Hall–Kier alpha value is -3.47. The monoisotopic (exact) mass is 523 g/mol. The fraction of sp³-hybridized carbons (Fsp3) is 0.333. The Bertz CT molecular complexity index is 1440. The van der Waals surface area contributed by atoms with Crippen molar-refractivity contribution in [1.82, 2.24) is 9.71 Å². The van der Waals surface area contributed by atoms with E-state index in [9.17, 15) is 13.2 Å². The maximum absolute atomic E-state index is 13.3. The molecule has 9 nitrogen and oxygen atoms in total. The molecule has 1 aliphatic carbocycles. The molecule has 1 unspecified atom stereocenters. The fourth-order valence-electron chi connectivity index (χ4n) is 4.76. The predicted octanol–water partition coefficient (Wildman–Crippen LogP) is 3.85. The van der Waals surface area contributed by atoms with Gasteiger partial charge >= 0.3 is 0 Å². The number of benzene rings is 2. The summed E-state index contributed by atoms with van der Waals surface area (Å²) in [5.41, 5.74) is 1.66. The molecule has 1 aromatic heterocycles. The van der Waals surface area contributed by atoms with Crippen LogP contribution in [-0.2, 0) is 25.0 Å². The molecule has 1 amide bonds. The Kier molecular flexibility index (Phi) is 6.10. The number of amides is 1. The van der Waals surface area contributed by atoms with Crippen molar-refractivity contribution in [3.05, 3.63) is 66.2 Å². The van der Waals surface area contributed by atoms with Gasteiger partial charge in [0, 0.05) is 20.1 Å². The lowest BCUT2D eigenvalue weighted by Gasteiger charge is -2.16. The molecular weight excluding hydrogens is 494 g/mol. The second kappa shape index (κ2) is 9.44. The third-order valence-corrected chi connectivity index (χ3v) is 8.53. The number of carbonyl (C=O) groups is 1. The number of hydrogen-bond acceptors (Lipinski definition) is 7. The molecule has 0 bridgehead atoms. The number of fused-ring (bicyclic) bond motifs is 1. The van der Waals surface area contributed by atoms with E-state index >= 15 is 0 Å². The van der Waals surface area contributed by atoms with Gasteiger partial charge in [-0.05, 0) is 67.6 Å². The summed E-state index contributed by atoms with van der Waals surface area (Å²) in [6.45, 7) is 1.13. The normalized spacial score (nSPS) is 19.5. The van der Waals surface area contributed by atoms with Crippen molar-refractivity contribution in [1.29, 1.82) is 0 Å². The zero-order valence-corrected chi connectivity index (χ0v) is 20.9. The van der Waals surface area contributed by atoms with Crippen molar-refractivity contribution >= 4 is 21.7 Å². The summed E-state index contributed by atoms with van der Waals surface area (Å²) >= 11 is 0. The molecule has 3 aromatic rings. The highest BCUT2D eigenvalue weighted by atomic mass is 32.2. The van der Waals surface area contributed by atoms with E-state index in [1.807, 2.05) is 30.3 Å². The number of ether oxygens (including phenoxy) is 3. The lowest BCUT2D eigenvalue weighted by Crippen LogP contribution is -2.31. The second-order valence-electron chi connectivity index (χ2n) is 9.52. The van der Waals surface area contributed by atoms with Gasteiger partial charge < -0.3 is 19.5 Å². The molecule has 2 N–H and O–H groups in total. The van der Waals surface area contributed by atoms with Gasteiger partial charge in [0.1, 0.15) is 5.82 Å². The van der Waals surface area contributed by atoms with Crippen LogP contribution in [0.15, 0.2) is 65.6 Å². The van der Waals surface area contributed by atoms with Crippen molar-refractivity contribution in [2.45, 2.75) is 42.1 Å². The number of rotatable bonds is 8. The van der Waals surface area contributed by atoms with Crippen LogP contribution in [0.25, 0.3) is 11.3 Å². The van der Waals surface area contributed by atoms with E-state index in [4.69, 9.17) is 14.2 Å². The van der Waals surface area contributed by atoms with Crippen LogP contribution in [0.2, 0.25) is 0 Å². The second-order valence-corrected chi connectivity index (χ2v) is 11.3. The first-order chi connectivity index (χ1) is 17.9. The number of nitrogens with zero attached hydrogens (tertiary/aromatic N) is 1. The molecule has 0 radical (unpaired) electrons. The van der Waals surface area contributed by atoms with Crippen LogP contribution in [0, 0.1) is 0 Å². The quantitative estimate of drug-likeness (QED) is 0.461. The van der Waals surface area contributed by atoms with Gasteiger partial charge in [0.05, 0.1) is 22.1 Å². The van der Waals surface area contributed by atoms with Crippen molar-refractivity contribution in [3.63, 3.8) is 0 Å². The predicted molar refractivity (Wildman–Crippen MR) is 138 cm³/mol. The average Bonchev–Trinajstić information content (AvgIpc) is 3.31. The SMILES string of the molecule is O=C(Nc1cccc(-c2ccc(S(=O)(=O)NCC3CCCO3)cc2)n1)C1(c2ccc3c(c2)OCO3)CC1.[HH]. The van der Waals surface area contributed by atoms with Gasteiger partial charge in [0.25, 0.3) is 0 Å². The van der Waals surface area contributed by atoms with Gasteiger partial charge in [-0.3, -0.25) is 4.79 Å². The highest BCUT2D eigenvalue weighted by molar-refractivity contribution is 7.89. The summed E-state index contributed by atoms with van der Waals surface area (Å²) in [6, 6.07) is 17.5. The summed E-state index contributed by atoms with van der Waals surface area (Å²) in [4.78, 5) is 18.0. The Morgan fingerprint density at radius 3 is 2.62 bits per heavy atom. The number of sulfonamides is 1. The molecule has 194 valence electrons. The molecule has 1 saturated heterocycles. The first kappa shape index (κ1) is 23.9. The lowest BCUT2D eigenvalue weighted by molar-refractivity contribution is -0.118. The topological polar surface area (TPSA) is 116 Å². The van der Waals surface area contributed by atoms with E-state index < -0.39 is 15.4 Å². The third-order valence-electron chi connectivity index (χ3n) is 7.09. The summed E-state index contributed by atoms with van der Waals surface area (Å²) in [7, 11) is -3.63. The molecule has 1 saturated carbocycles. The molecule has 3 heterocycles. The highest BCUT2D eigenvalue weighted by Crippen LogP contribution is 2.51. The molecule has 3 aliphatic rings. The zero-order valence-electron chi connectivity index (χ0n) is 20.1. The first-order valence-electron chi connectivity index (χ1n) is 12.3. The van der Waals surface area contributed by atoms with Crippen LogP contribution in [-0.4, -0.2) is 45.4 Å². The fourth-order valence-corrected chi connectivity index (χ4v) is 5.83. The summed E-state index contributed by atoms with van der Waals surface area (Å²) in [5.74, 6) is 1.66.